The molecule has 1 saturated carbocycles. The number of Topliss-reactive ketones (excluding diaryl/α,β-unsaturated/α-hetero) is 1. The molecule has 0 bridgehead atoms. The molecule has 0 aromatic carbocycles. The molecule has 2 aromatic rings. The summed E-state index contributed by atoms with van der Waals surface area (Å²) in [5.74, 6) is 2.63. The molecule has 0 amide bonds. The number of furan rings is 1. The molecule has 21 heavy (non-hydrogen) atoms. The number of rotatable bonds is 4. The van der Waals surface area contributed by atoms with Gasteiger partial charge < -0.3 is 4.42 Å². The first kappa shape index (κ1) is 14.1. The Balaban J connectivity index is 1.63. The number of carbonyl (C=O) groups is 1. The number of aryl methyl sites for hydroxylation is 1. The van der Waals surface area contributed by atoms with E-state index in [1.165, 1.54) is 11.8 Å². The molecule has 5 nitrogen and oxygen atoms in total. The van der Waals surface area contributed by atoms with Gasteiger partial charge in [-0.2, -0.15) is 0 Å². The van der Waals surface area contributed by atoms with Crippen molar-refractivity contribution >= 4 is 29.7 Å². The summed E-state index contributed by atoms with van der Waals surface area (Å²) in [7, 11) is 0. The van der Waals surface area contributed by atoms with Crippen LogP contribution in [0.3, 0.4) is 0 Å². The molecule has 1 unspecified atom stereocenters. The Morgan fingerprint density at radius 2 is 2.29 bits per heavy atom. The summed E-state index contributed by atoms with van der Waals surface area (Å²) >= 11 is 1.46. The third kappa shape index (κ3) is 3.64. The van der Waals surface area contributed by atoms with E-state index in [1.807, 2.05) is 31.2 Å². The smallest absolute Gasteiger partial charge is 0.209 e. The molecule has 2 heterocycles. The summed E-state index contributed by atoms with van der Waals surface area (Å²) in [5, 5.41) is 7.66. The van der Waals surface area contributed by atoms with Crippen LogP contribution in [0, 0.1) is 6.92 Å². The van der Waals surface area contributed by atoms with Gasteiger partial charge in [-0.25, -0.2) is 4.98 Å². The fourth-order valence-electron chi connectivity index (χ4n) is 2.29. The molecule has 2 aromatic heterocycles. The number of H-pyrrole nitrogens is 1. The van der Waals surface area contributed by atoms with Crippen LogP contribution in [0.1, 0.15) is 43.0 Å². The van der Waals surface area contributed by atoms with E-state index in [1.54, 1.807) is 0 Å². The first-order valence-corrected chi connectivity index (χ1v) is 7.95. The molecule has 0 saturated heterocycles. The first-order chi connectivity index (χ1) is 10.2. The van der Waals surface area contributed by atoms with Crippen molar-refractivity contribution in [1.82, 2.24) is 15.2 Å². The molecule has 1 fully saturated rings. The number of hydrogen-bond acceptors (Lipinski definition) is 5. The zero-order valence-electron chi connectivity index (χ0n) is 11.8. The van der Waals surface area contributed by atoms with Crippen molar-refractivity contribution in [2.24, 2.45) is 0 Å². The van der Waals surface area contributed by atoms with Crippen molar-refractivity contribution in [3.8, 4) is 0 Å². The Morgan fingerprint density at radius 3 is 3.05 bits per heavy atom. The van der Waals surface area contributed by atoms with Gasteiger partial charge >= 0.3 is 0 Å². The van der Waals surface area contributed by atoms with Crippen molar-refractivity contribution in [1.29, 1.82) is 0 Å². The first-order valence-electron chi connectivity index (χ1n) is 7.07. The van der Waals surface area contributed by atoms with E-state index < -0.39 is 0 Å². The van der Waals surface area contributed by atoms with Gasteiger partial charge in [0.25, 0.3) is 0 Å². The minimum Gasteiger partial charge on any atom is -0.462 e. The van der Waals surface area contributed by atoms with Gasteiger partial charge in [-0.3, -0.25) is 9.89 Å². The van der Waals surface area contributed by atoms with Crippen LogP contribution >= 0.6 is 11.8 Å². The maximum absolute atomic E-state index is 11.8. The normalized spacial score (nSPS) is 19.5. The zero-order chi connectivity index (χ0) is 14.7. The van der Waals surface area contributed by atoms with Crippen molar-refractivity contribution in [3.05, 3.63) is 29.5 Å². The van der Waals surface area contributed by atoms with Crippen LogP contribution in [0.5, 0.6) is 0 Å². The van der Waals surface area contributed by atoms with E-state index in [4.69, 9.17) is 4.42 Å². The fraction of sp³-hybridized carbons (Fsp3) is 0.400. The molecule has 6 heteroatoms. The van der Waals surface area contributed by atoms with E-state index >= 15 is 0 Å². The van der Waals surface area contributed by atoms with E-state index in [0.717, 1.165) is 30.8 Å². The maximum Gasteiger partial charge on any atom is 0.209 e. The minimum atomic E-state index is 0.0131. The molecule has 3 rings (SSSR count). The van der Waals surface area contributed by atoms with Crippen molar-refractivity contribution in [2.75, 3.05) is 0 Å². The standard InChI is InChI=1S/C15H17N3O2S/c1-10-6-7-11(20-10)8-9-14-16-15(18-17-14)21-13-5-3-2-4-12(13)19/h6-9,13H,2-5H2,1H3,(H,16,17,18)/b9-8+. The lowest BCUT2D eigenvalue weighted by molar-refractivity contribution is -0.119. The van der Waals surface area contributed by atoms with Crippen LogP contribution < -0.4 is 0 Å². The molecule has 0 spiro atoms. The quantitative estimate of drug-likeness (QED) is 0.936. The van der Waals surface area contributed by atoms with Crippen LogP contribution in [0.4, 0.5) is 0 Å². The number of hydrogen-bond donors (Lipinski definition) is 1. The molecule has 1 atom stereocenters. The van der Waals surface area contributed by atoms with E-state index in [9.17, 15) is 4.79 Å². The molecular formula is C15H17N3O2S. The average molecular weight is 303 g/mol. The highest BCUT2D eigenvalue weighted by Crippen LogP contribution is 2.29. The largest absolute Gasteiger partial charge is 0.462 e. The highest BCUT2D eigenvalue weighted by atomic mass is 32.2. The average Bonchev–Trinajstić information content (AvgIpc) is 3.08. The van der Waals surface area contributed by atoms with Gasteiger partial charge in [0.2, 0.25) is 5.16 Å². The molecular weight excluding hydrogens is 286 g/mol. The molecule has 1 aliphatic rings. The molecule has 110 valence electrons. The van der Waals surface area contributed by atoms with Gasteiger partial charge in [-0.1, -0.05) is 18.2 Å². The van der Waals surface area contributed by atoms with E-state index in [2.05, 4.69) is 15.2 Å². The zero-order valence-corrected chi connectivity index (χ0v) is 12.7. The van der Waals surface area contributed by atoms with Crippen LogP contribution in [-0.2, 0) is 4.79 Å². The monoisotopic (exact) mass is 303 g/mol. The SMILES string of the molecule is Cc1ccc(/C=C/c2nc(SC3CCCCC3=O)n[nH]2)o1. The number of nitrogens with zero attached hydrogens (tertiary/aromatic N) is 2. The minimum absolute atomic E-state index is 0.0131. The third-order valence-corrected chi connectivity index (χ3v) is 4.57. The lowest BCUT2D eigenvalue weighted by Crippen LogP contribution is -2.21. The topological polar surface area (TPSA) is 71.8 Å². The summed E-state index contributed by atoms with van der Waals surface area (Å²) in [4.78, 5) is 16.2. The fourth-order valence-corrected chi connectivity index (χ4v) is 3.33. The molecule has 1 N–H and O–H groups in total. The van der Waals surface area contributed by atoms with Gasteiger partial charge in [0.15, 0.2) is 0 Å². The van der Waals surface area contributed by atoms with Gasteiger partial charge in [0.1, 0.15) is 23.1 Å². The molecule has 0 radical (unpaired) electrons. The van der Waals surface area contributed by atoms with Gasteiger partial charge in [0, 0.05) is 6.42 Å². The highest BCUT2D eigenvalue weighted by Gasteiger charge is 2.24. The van der Waals surface area contributed by atoms with Gasteiger partial charge in [-0.15, -0.1) is 5.10 Å². The maximum atomic E-state index is 11.8. The van der Waals surface area contributed by atoms with Crippen LogP contribution in [-0.4, -0.2) is 26.2 Å². The Morgan fingerprint density at radius 1 is 1.38 bits per heavy atom. The number of nitrogens with one attached hydrogen (secondary N) is 1. The molecule has 1 aliphatic carbocycles. The number of aromatic nitrogens is 3. The van der Waals surface area contributed by atoms with Crippen molar-refractivity contribution in [3.63, 3.8) is 0 Å². The van der Waals surface area contributed by atoms with Gasteiger partial charge in [-0.05, 0) is 44.1 Å². The number of ketones is 1. The second-order valence-corrected chi connectivity index (χ2v) is 6.27. The highest BCUT2D eigenvalue weighted by molar-refractivity contribution is 8.00. The summed E-state index contributed by atoms with van der Waals surface area (Å²) in [6.07, 6.45) is 7.40. The predicted molar refractivity (Wildman–Crippen MR) is 81.9 cm³/mol. The van der Waals surface area contributed by atoms with E-state index in [-0.39, 0.29) is 5.25 Å². The van der Waals surface area contributed by atoms with Gasteiger partial charge in [0.05, 0.1) is 5.25 Å². The number of thioether (sulfide) groups is 1. The third-order valence-electron chi connectivity index (χ3n) is 3.40. The summed E-state index contributed by atoms with van der Waals surface area (Å²) in [6, 6.07) is 3.81. The number of aromatic amines is 1. The lowest BCUT2D eigenvalue weighted by atomic mass is 9.99. The summed E-state index contributed by atoms with van der Waals surface area (Å²) in [6.45, 7) is 1.90. The van der Waals surface area contributed by atoms with Crippen molar-refractivity contribution < 1.29 is 9.21 Å². The second-order valence-electron chi connectivity index (χ2n) is 5.10. The number of carbonyl (C=O) groups excluding carboxylic acids is 1. The predicted octanol–water partition coefficient (Wildman–Crippen LogP) is 3.48. The van der Waals surface area contributed by atoms with Crippen LogP contribution in [0.25, 0.3) is 12.2 Å². The summed E-state index contributed by atoms with van der Waals surface area (Å²) < 4.78 is 5.45. The Kier molecular flexibility index (Phi) is 4.24. The Labute approximate surface area is 127 Å². The Hall–Kier alpha value is -1.82. The van der Waals surface area contributed by atoms with Crippen LogP contribution in [0.15, 0.2) is 21.7 Å². The second kappa shape index (κ2) is 6.30. The Bertz CT molecular complexity index is 659. The van der Waals surface area contributed by atoms with Crippen molar-refractivity contribution in [2.45, 2.75) is 43.0 Å². The molecule has 0 aliphatic heterocycles. The summed E-state index contributed by atoms with van der Waals surface area (Å²) in [5.41, 5.74) is 0. The van der Waals surface area contributed by atoms with E-state index in [0.29, 0.717) is 23.2 Å². The van der Waals surface area contributed by atoms with Crippen LogP contribution in [0.2, 0.25) is 0 Å². The lowest BCUT2D eigenvalue weighted by Gasteiger charge is -2.17.